The molecule has 0 aliphatic heterocycles. The Morgan fingerprint density at radius 2 is 1.96 bits per heavy atom. The molecule has 3 rings (SSSR count). The molecule has 0 saturated heterocycles. The van der Waals surface area contributed by atoms with Gasteiger partial charge >= 0.3 is 0 Å². The molecule has 10 nitrogen and oxygen atoms in total. The van der Waals surface area contributed by atoms with Crippen LogP contribution in [-0.4, -0.2) is 35.6 Å². The Labute approximate surface area is 151 Å². The maximum Gasteiger partial charge on any atom is 0.298 e. The summed E-state index contributed by atoms with van der Waals surface area (Å²) in [7, 11) is 0. The van der Waals surface area contributed by atoms with Crippen LogP contribution in [0.3, 0.4) is 0 Å². The van der Waals surface area contributed by atoms with E-state index in [2.05, 4.69) is 20.4 Å². The molecule has 0 unspecified atom stereocenters. The summed E-state index contributed by atoms with van der Waals surface area (Å²) in [6.45, 7) is 5.57. The number of hydrogen-bond donors (Lipinski definition) is 1. The number of rotatable bonds is 3. The minimum atomic E-state index is -0.526. The molecule has 0 atom stereocenters. The normalized spacial score (nSPS) is 12.1. The van der Waals surface area contributed by atoms with Crippen molar-refractivity contribution in [3.05, 3.63) is 60.8 Å². The molecule has 3 aromatic rings. The molecule has 0 amide bonds. The molecule has 2 heterocycles. The van der Waals surface area contributed by atoms with Crippen LogP contribution in [0.4, 0.5) is 5.69 Å². The molecule has 1 aromatic carbocycles. The molecule has 0 spiro atoms. The van der Waals surface area contributed by atoms with Gasteiger partial charge in [0.1, 0.15) is 5.69 Å². The van der Waals surface area contributed by atoms with Crippen molar-refractivity contribution in [1.29, 1.82) is 0 Å². The third-order valence-corrected chi connectivity index (χ3v) is 3.82. The zero-order chi connectivity index (χ0) is 19.1. The highest BCUT2D eigenvalue weighted by Crippen LogP contribution is 2.16. The van der Waals surface area contributed by atoms with Crippen molar-refractivity contribution in [3.8, 4) is 0 Å². The molecular weight excluding hydrogens is 358 g/mol. The van der Waals surface area contributed by atoms with Crippen LogP contribution in [0, 0.1) is 14.9 Å². The average Bonchev–Trinajstić information content (AvgIpc) is 2.94. The molecule has 134 valence electrons. The number of non-ortho nitro benzene ring substituents is 1. The van der Waals surface area contributed by atoms with Gasteiger partial charge in [-0.1, -0.05) is 20.8 Å². The van der Waals surface area contributed by atoms with Crippen molar-refractivity contribution < 1.29 is 4.92 Å². The van der Waals surface area contributed by atoms with E-state index in [-0.39, 0.29) is 21.9 Å². The van der Waals surface area contributed by atoms with E-state index in [1.165, 1.54) is 35.0 Å². The first-order chi connectivity index (χ1) is 12.2. The zero-order valence-corrected chi connectivity index (χ0v) is 15.0. The van der Waals surface area contributed by atoms with Crippen LogP contribution in [0.15, 0.2) is 34.2 Å². The fraction of sp³-hybridized carbons (Fsp3) is 0.267. The van der Waals surface area contributed by atoms with Crippen molar-refractivity contribution in [2.75, 3.05) is 0 Å². The van der Waals surface area contributed by atoms with Gasteiger partial charge in [-0.05, 0) is 29.9 Å². The van der Waals surface area contributed by atoms with Gasteiger partial charge < -0.3 is 0 Å². The Kier molecular flexibility index (Phi) is 4.24. The lowest BCUT2D eigenvalue weighted by Gasteiger charge is -2.16. The highest BCUT2D eigenvalue weighted by Gasteiger charge is 2.24. The van der Waals surface area contributed by atoms with Gasteiger partial charge in [0.05, 0.1) is 11.1 Å². The molecule has 2 aromatic heterocycles. The molecule has 0 radical (unpaired) electrons. The Morgan fingerprint density at radius 3 is 2.54 bits per heavy atom. The fourth-order valence-corrected chi connectivity index (χ4v) is 2.39. The molecule has 26 heavy (non-hydrogen) atoms. The Morgan fingerprint density at radius 1 is 1.31 bits per heavy atom. The molecule has 1 N–H and O–H groups in total. The van der Waals surface area contributed by atoms with E-state index in [1.54, 1.807) is 0 Å². The predicted molar refractivity (Wildman–Crippen MR) is 97.2 cm³/mol. The summed E-state index contributed by atoms with van der Waals surface area (Å²) in [6.07, 6.45) is 1.41. The maximum absolute atomic E-state index is 12.8. The second kappa shape index (κ2) is 6.26. The lowest BCUT2D eigenvalue weighted by molar-refractivity contribution is -0.384. The number of nitro benzene ring substituents is 1. The SMILES string of the molecule is CC(C)(C)c1nn2c(=S)[nH]nc2n(N=Cc2ccc([N+](=O)[O-])cc2)c1=O. The van der Waals surface area contributed by atoms with E-state index < -0.39 is 15.9 Å². The van der Waals surface area contributed by atoms with Crippen LogP contribution in [-0.2, 0) is 5.41 Å². The predicted octanol–water partition coefficient (Wildman–Crippen LogP) is 2.04. The lowest BCUT2D eigenvalue weighted by Crippen LogP contribution is -2.33. The Hall–Kier alpha value is -3.21. The van der Waals surface area contributed by atoms with Crippen molar-refractivity contribution in [2.45, 2.75) is 26.2 Å². The monoisotopic (exact) mass is 373 g/mol. The number of fused-ring (bicyclic) bond motifs is 1. The highest BCUT2D eigenvalue weighted by molar-refractivity contribution is 7.71. The van der Waals surface area contributed by atoms with Crippen molar-refractivity contribution in [1.82, 2.24) is 24.5 Å². The molecule has 0 fully saturated rings. The van der Waals surface area contributed by atoms with E-state index in [1.807, 2.05) is 20.8 Å². The van der Waals surface area contributed by atoms with Crippen molar-refractivity contribution in [3.63, 3.8) is 0 Å². The summed E-state index contributed by atoms with van der Waals surface area (Å²) in [4.78, 5) is 23.0. The average molecular weight is 373 g/mol. The van der Waals surface area contributed by atoms with Gasteiger partial charge in [0.2, 0.25) is 4.77 Å². The summed E-state index contributed by atoms with van der Waals surface area (Å²) in [6, 6.07) is 5.78. The van der Waals surface area contributed by atoms with Gasteiger partial charge in [-0.2, -0.15) is 19.4 Å². The number of nitro groups is 1. The van der Waals surface area contributed by atoms with Gasteiger partial charge in [0, 0.05) is 17.5 Å². The van der Waals surface area contributed by atoms with Crippen LogP contribution in [0.5, 0.6) is 0 Å². The minimum Gasteiger partial charge on any atom is -0.265 e. The smallest absolute Gasteiger partial charge is 0.265 e. The minimum absolute atomic E-state index is 0.0285. The van der Waals surface area contributed by atoms with E-state index in [9.17, 15) is 14.9 Å². The van der Waals surface area contributed by atoms with Crippen LogP contribution in [0.1, 0.15) is 32.0 Å². The summed E-state index contributed by atoms with van der Waals surface area (Å²) in [5.74, 6) is 0.145. The molecule has 0 aliphatic carbocycles. The number of benzene rings is 1. The number of aromatic nitrogens is 5. The topological polar surface area (TPSA) is 123 Å². The standard InChI is InChI=1S/C15H15N7O3S/c1-15(2,3)11-12(23)20(13-17-18-14(26)21(13)19-11)16-8-9-4-6-10(7-5-9)22(24)25/h4-8H,1-3H3,(H,18,26). The van der Waals surface area contributed by atoms with Crippen LogP contribution in [0.25, 0.3) is 5.78 Å². The highest BCUT2D eigenvalue weighted by atomic mass is 32.1. The van der Waals surface area contributed by atoms with Gasteiger partial charge in [0.15, 0.2) is 0 Å². The first-order valence-electron chi connectivity index (χ1n) is 7.58. The molecule has 0 saturated carbocycles. The van der Waals surface area contributed by atoms with Crippen molar-refractivity contribution >= 4 is 29.9 Å². The largest absolute Gasteiger partial charge is 0.298 e. The van der Waals surface area contributed by atoms with E-state index in [0.717, 1.165) is 4.68 Å². The van der Waals surface area contributed by atoms with E-state index in [0.29, 0.717) is 5.56 Å². The third kappa shape index (κ3) is 3.16. The van der Waals surface area contributed by atoms with Crippen LogP contribution < -0.4 is 5.56 Å². The second-order valence-electron chi connectivity index (χ2n) is 6.55. The van der Waals surface area contributed by atoms with Gasteiger partial charge in [-0.3, -0.25) is 14.9 Å². The number of aromatic amines is 1. The molecule has 0 bridgehead atoms. The second-order valence-corrected chi connectivity index (χ2v) is 6.94. The molecular formula is C15H15N7O3S. The number of H-pyrrole nitrogens is 1. The molecule has 0 aliphatic rings. The van der Waals surface area contributed by atoms with E-state index >= 15 is 0 Å². The quantitative estimate of drug-likeness (QED) is 0.324. The third-order valence-electron chi connectivity index (χ3n) is 3.55. The fourth-order valence-electron chi connectivity index (χ4n) is 2.23. The summed E-state index contributed by atoms with van der Waals surface area (Å²) < 4.78 is 2.68. The number of hydrogen-bond acceptors (Lipinski definition) is 7. The summed E-state index contributed by atoms with van der Waals surface area (Å²) in [5.41, 5.74) is -0.106. The van der Waals surface area contributed by atoms with E-state index in [4.69, 9.17) is 12.2 Å². The van der Waals surface area contributed by atoms with Gasteiger partial charge in [0.25, 0.3) is 17.0 Å². The summed E-state index contributed by atoms with van der Waals surface area (Å²) >= 11 is 5.14. The van der Waals surface area contributed by atoms with Crippen LogP contribution >= 0.6 is 12.2 Å². The Bertz CT molecular complexity index is 1130. The number of nitrogens with one attached hydrogen (secondary N) is 1. The zero-order valence-electron chi connectivity index (χ0n) is 14.2. The first kappa shape index (κ1) is 17.6. The number of nitrogens with zero attached hydrogens (tertiary/aromatic N) is 6. The summed E-state index contributed by atoms with van der Waals surface area (Å²) in [5, 5.41) is 25.8. The molecule has 11 heteroatoms. The van der Waals surface area contributed by atoms with Crippen molar-refractivity contribution in [2.24, 2.45) is 5.10 Å². The van der Waals surface area contributed by atoms with Gasteiger partial charge in [-0.25, -0.2) is 5.10 Å². The van der Waals surface area contributed by atoms with Crippen LogP contribution in [0.2, 0.25) is 0 Å². The lowest BCUT2D eigenvalue weighted by atomic mass is 9.93. The maximum atomic E-state index is 12.8. The van der Waals surface area contributed by atoms with Gasteiger partial charge in [-0.15, -0.1) is 5.10 Å². The Balaban J connectivity index is 2.15. The first-order valence-corrected chi connectivity index (χ1v) is 7.99.